The van der Waals surface area contributed by atoms with Gasteiger partial charge in [0, 0.05) is 18.5 Å². The van der Waals surface area contributed by atoms with Crippen LogP contribution in [0.15, 0.2) is 18.2 Å². The molecule has 0 fully saturated rings. The molecule has 0 aliphatic heterocycles. The van der Waals surface area contributed by atoms with Crippen LogP contribution in [0.1, 0.15) is 0 Å². The minimum absolute atomic E-state index is 0.0730. The first-order valence-corrected chi connectivity index (χ1v) is 3.96. The van der Waals surface area contributed by atoms with E-state index in [0.29, 0.717) is 5.69 Å². The maximum atomic E-state index is 12.8. The van der Waals surface area contributed by atoms with Crippen LogP contribution in [-0.4, -0.2) is 19.6 Å². The van der Waals surface area contributed by atoms with Crippen LogP contribution >= 0.6 is 0 Å². The first kappa shape index (κ1) is 10.5. The monoisotopic (exact) mass is 198 g/mol. The van der Waals surface area contributed by atoms with E-state index in [1.165, 1.54) is 25.3 Å². The topological polar surface area (TPSA) is 64.3 Å². The molecule has 0 aliphatic carbocycles. The van der Waals surface area contributed by atoms with Gasteiger partial charge in [0.1, 0.15) is 12.4 Å². The van der Waals surface area contributed by atoms with Crippen LogP contribution in [0.2, 0.25) is 0 Å². The van der Waals surface area contributed by atoms with Crippen molar-refractivity contribution in [2.24, 2.45) is 0 Å². The Morgan fingerprint density at radius 3 is 2.86 bits per heavy atom. The molecule has 0 atom stereocenters. The zero-order valence-corrected chi connectivity index (χ0v) is 7.71. The quantitative estimate of drug-likeness (QED) is 0.712. The molecule has 0 bridgehead atoms. The lowest BCUT2D eigenvalue weighted by atomic mass is 10.2. The van der Waals surface area contributed by atoms with Crippen LogP contribution in [0.3, 0.4) is 0 Å². The molecule has 76 valence electrons. The summed E-state index contributed by atoms with van der Waals surface area (Å²) in [6, 6.07) is 3.83. The Labute approximate surface area is 80.9 Å². The minimum atomic E-state index is -0.488. The number of carbonyl (C=O) groups is 1. The predicted octanol–water partition coefficient (Wildman–Crippen LogP) is 0.993. The van der Waals surface area contributed by atoms with E-state index < -0.39 is 5.82 Å². The zero-order valence-electron chi connectivity index (χ0n) is 7.71. The van der Waals surface area contributed by atoms with Gasteiger partial charge in [-0.3, -0.25) is 4.79 Å². The average Bonchev–Trinajstić information content (AvgIpc) is 2.01. The lowest BCUT2D eigenvalue weighted by molar-refractivity contribution is -0.119. The van der Waals surface area contributed by atoms with Gasteiger partial charge in [0.05, 0.1) is 0 Å². The maximum absolute atomic E-state index is 12.8. The van der Waals surface area contributed by atoms with Crippen molar-refractivity contribution in [1.29, 1.82) is 0 Å². The van der Waals surface area contributed by atoms with Gasteiger partial charge in [-0.1, -0.05) is 0 Å². The van der Waals surface area contributed by atoms with Gasteiger partial charge >= 0.3 is 0 Å². The molecule has 3 N–H and O–H groups in total. The van der Waals surface area contributed by atoms with E-state index in [1.54, 1.807) is 0 Å². The highest BCUT2D eigenvalue weighted by Crippen LogP contribution is 2.15. The number of carbonyl (C=O) groups excluding carboxylic acids is 1. The number of hydrogen-bond donors (Lipinski definition) is 2. The van der Waals surface area contributed by atoms with Crippen molar-refractivity contribution >= 4 is 17.3 Å². The van der Waals surface area contributed by atoms with Gasteiger partial charge in [-0.05, 0) is 18.2 Å². The zero-order chi connectivity index (χ0) is 10.6. The molecule has 0 saturated carbocycles. The summed E-state index contributed by atoms with van der Waals surface area (Å²) < 4.78 is 17.4. The van der Waals surface area contributed by atoms with Crippen LogP contribution in [0, 0.1) is 5.82 Å². The Balaban J connectivity index is 2.71. The van der Waals surface area contributed by atoms with Crippen LogP contribution in [0.5, 0.6) is 0 Å². The minimum Gasteiger partial charge on any atom is -0.399 e. The van der Waals surface area contributed by atoms with E-state index in [1.807, 2.05) is 0 Å². The van der Waals surface area contributed by atoms with Gasteiger partial charge in [0.25, 0.3) is 0 Å². The lowest BCUT2D eigenvalue weighted by Gasteiger charge is -2.05. The Morgan fingerprint density at radius 2 is 2.29 bits per heavy atom. The summed E-state index contributed by atoms with van der Waals surface area (Å²) in [6.45, 7) is -0.0730. The van der Waals surface area contributed by atoms with Crippen molar-refractivity contribution in [3.8, 4) is 0 Å². The number of rotatable bonds is 3. The SMILES string of the molecule is COCC(=O)Nc1cc(N)cc(F)c1. The first-order valence-electron chi connectivity index (χ1n) is 3.96. The van der Waals surface area contributed by atoms with Crippen molar-refractivity contribution in [2.75, 3.05) is 24.8 Å². The third-order valence-corrected chi connectivity index (χ3v) is 1.48. The number of benzene rings is 1. The van der Waals surface area contributed by atoms with E-state index in [4.69, 9.17) is 5.73 Å². The number of ether oxygens (including phenoxy) is 1. The number of nitrogen functional groups attached to an aromatic ring is 1. The smallest absolute Gasteiger partial charge is 0.250 e. The Kier molecular flexibility index (Phi) is 3.41. The summed E-state index contributed by atoms with van der Waals surface area (Å²) in [5.74, 6) is -0.838. The Hall–Kier alpha value is -1.62. The first-order chi connectivity index (χ1) is 6.61. The molecule has 0 spiro atoms. The molecule has 1 aromatic rings. The van der Waals surface area contributed by atoms with E-state index >= 15 is 0 Å². The lowest BCUT2D eigenvalue weighted by Crippen LogP contribution is -2.17. The summed E-state index contributed by atoms with van der Waals surface area (Å²) in [4.78, 5) is 11.0. The fourth-order valence-corrected chi connectivity index (χ4v) is 1.01. The van der Waals surface area contributed by atoms with Crippen molar-refractivity contribution in [2.45, 2.75) is 0 Å². The van der Waals surface area contributed by atoms with E-state index in [9.17, 15) is 9.18 Å². The second-order valence-corrected chi connectivity index (χ2v) is 2.75. The molecular weight excluding hydrogens is 187 g/mol. The summed E-state index contributed by atoms with van der Waals surface area (Å²) in [5, 5.41) is 2.44. The van der Waals surface area contributed by atoms with Crippen molar-refractivity contribution in [1.82, 2.24) is 0 Å². The molecular formula is C9H11FN2O2. The molecule has 1 rings (SSSR count). The van der Waals surface area contributed by atoms with E-state index in [2.05, 4.69) is 10.1 Å². The summed E-state index contributed by atoms with van der Waals surface area (Å²) >= 11 is 0. The van der Waals surface area contributed by atoms with Gasteiger partial charge in [-0.25, -0.2) is 4.39 Å². The Morgan fingerprint density at radius 1 is 1.57 bits per heavy atom. The molecule has 0 aromatic heterocycles. The van der Waals surface area contributed by atoms with Crippen LogP contribution < -0.4 is 11.1 Å². The standard InChI is InChI=1S/C9H11FN2O2/c1-14-5-9(13)12-8-3-6(10)2-7(11)4-8/h2-4H,5,11H2,1H3,(H,12,13). The largest absolute Gasteiger partial charge is 0.399 e. The Bertz CT molecular complexity index is 321. The molecule has 0 aliphatic rings. The fraction of sp³-hybridized carbons (Fsp3) is 0.222. The highest BCUT2D eigenvalue weighted by molar-refractivity contribution is 5.92. The predicted molar refractivity (Wildman–Crippen MR) is 51.3 cm³/mol. The molecule has 1 amide bonds. The molecule has 1 aromatic carbocycles. The van der Waals surface area contributed by atoms with Gasteiger partial charge in [-0.2, -0.15) is 0 Å². The molecule has 5 heteroatoms. The summed E-state index contributed by atoms with van der Waals surface area (Å²) in [7, 11) is 1.40. The summed E-state index contributed by atoms with van der Waals surface area (Å²) in [5.41, 5.74) is 5.97. The summed E-state index contributed by atoms with van der Waals surface area (Å²) in [6.07, 6.45) is 0. The van der Waals surface area contributed by atoms with E-state index in [0.717, 1.165) is 0 Å². The van der Waals surface area contributed by atoms with Crippen molar-refractivity contribution in [3.05, 3.63) is 24.0 Å². The molecule has 0 heterocycles. The molecule has 0 unspecified atom stereocenters. The normalized spacial score (nSPS) is 9.86. The van der Waals surface area contributed by atoms with Crippen LogP contribution in [-0.2, 0) is 9.53 Å². The van der Waals surface area contributed by atoms with E-state index in [-0.39, 0.29) is 18.2 Å². The van der Waals surface area contributed by atoms with Gasteiger partial charge < -0.3 is 15.8 Å². The fourth-order valence-electron chi connectivity index (χ4n) is 1.01. The second kappa shape index (κ2) is 4.57. The molecule has 14 heavy (non-hydrogen) atoms. The van der Waals surface area contributed by atoms with Crippen molar-refractivity contribution < 1.29 is 13.9 Å². The molecule has 4 nitrogen and oxygen atoms in total. The van der Waals surface area contributed by atoms with Gasteiger partial charge in [0.15, 0.2) is 0 Å². The third kappa shape index (κ3) is 3.02. The number of anilines is 2. The maximum Gasteiger partial charge on any atom is 0.250 e. The second-order valence-electron chi connectivity index (χ2n) is 2.75. The number of amides is 1. The highest BCUT2D eigenvalue weighted by Gasteiger charge is 2.03. The average molecular weight is 198 g/mol. The molecule has 0 saturated heterocycles. The van der Waals surface area contributed by atoms with Gasteiger partial charge in [-0.15, -0.1) is 0 Å². The van der Waals surface area contributed by atoms with Crippen LogP contribution in [0.4, 0.5) is 15.8 Å². The highest BCUT2D eigenvalue weighted by atomic mass is 19.1. The number of nitrogens with one attached hydrogen (secondary N) is 1. The van der Waals surface area contributed by atoms with Crippen molar-refractivity contribution in [3.63, 3.8) is 0 Å². The molecule has 0 radical (unpaired) electrons. The van der Waals surface area contributed by atoms with Crippen LogP contribution in [0.25, 0.3) is 0 Å². The van der Waals surface area contributed by atoms with Gasteiger partial charge in [0.2, 0.25) is 5.91 Å². The number of halogens is 1. The third-order valence-electron chi connectivity index (χ3n) is 1.48. The number of nitrogens with two attached hydrogens (primary N) is 1. The number of hydrogen-bond acceptors (Lipinski definition) is 3. The number of methoxy groups -OCH3 is 1.